The van der Waals surface area contributed by atoms with Gasteiger partial charge in [0.15, 0.2) is 0 Å². The van der Waals surface area contributed by atoms with Crippen LogP contribution < -0.4 is 15.4 Å². The number of primary amides is 1. The Balaban J connectivity index is 1.97. The van der Waals surface area contributed by atoms with Gasteiger partial charge in [-0.15, -0.1) is 0 Å². The topological polar surface area (TPSA) is 102 Å². The lowest BCUT2D eigenvalue weighted by Crippen LogP contribution is -2.43. The predicted molar refractivity (Wildman–Crippen MR) is 68.7 cm³/mol. The van der Waals surface area contributed by atoms with Crippen LogP contribution in [0.15, 0.2) is 12.3 Å². The van der Waals surface area contributed by atoms with Crippen molar-refractivity contribution in [1.82, 2.24) is 9.97 Å². The van der Waals surface area contributed by atoms with Gasteiger partial charge in [-0.25, -0.2) is 4.98 Å². The minimum atomic E-state index is -1.06. The number of amides is 1. The van der Waals surface area contributed by atoms with Gasteiger partial charge in [0, 0.05) is 25.4 Å². The number of ether oxygens (including phenoxy) is 1. The summed E-state index contributed by atoms with van der Waals surface area (Å²) in [5.41, 5.74) is 5.11. The zero-order chi connectivity index (χ0) is 13.8. The normalized spacial score (nSPS) is 18.1. The Morgan fingerprint density at radius 3 is 2.84 bits per heavy atom. The first-order chi connectivity index (χ1) is 9.11. The Morgan fingerprint density at radius 2 is 2.26 bits per heavy atom. The van der Waals surface area contributed by atoms with Crippen LogP contribution in [-0.2, 0) is 4.79 Å². The molecule has 1 amide bonds. The maximum atomic E-state index is 11.0. The maximum Gasteiger partial charge on any atom is 0.246 e. The van der Waals surface area contributed by atoms with Crippen molar-refractivity contribution in [3.05, 3.63) is 12.3 Å². The molecule has 3 N–H and O–H groups in total. The van der Waals surface area contributed by atoms with Gasteiger partial charge in [-0.3, -0.25) is 4.79 Å². The average Bonchev–Trinajstić information content (AvgIpc) is 2.46. The van der Waals surface area contributed by atoms with E-state index in [1.165, 1.54) is 0 Å². The minimum absolute atomic E-state index is 0.0839. The van der Waals surface area contributed by atoms with Crippen LogP contribution in [0.1, 0.15) is 12.8 Å². The second kappa shape index (κ2) is 5.83. The van der Waals surface area contributed by atoms with Crippen LogP contribution >= 0.6 is 0 Å². The van der Waals surface area contributed by atoms with Crippen LogP contribution in [0.4, 0.5) is 5.95 Å². The first-order valence-corrected chi connectivity index (χ1v) is 6.21. The number of methoxy groups -OCH3 is 1. The van der Waals surface area contributed by atoms with E-state index in [1.54, 1.807) is 19.4 Å². The van der Waals surface area contributed by atoms with Crippen molar-refractivity contribution in [2.24, 2.45) is 11.7 Å². The highest BCUT2D eigenvalue weighted by atomic mass is 16.5. The van der Waals surface area contributed by atoms with E-state index in [0.29, 0.717) is 37.8 Å². The summed E-state index contributed by atoms with van der Waals surface area (Å²) < 4.78 is 5.06. The van der Waals surface area contributed by atoms with E-state index in [1.807, 2.05) is 4.90 Å². The molecule has 1 aromatic rings. The lowest BCUT2D eigenvalue weighted by Gasteiger charge is -2.33. The van der Waals surface area contributed by atoms with Crippen LogP contribution in [-0.4, -0.2) is 47.3 Å². The number of hydrogen-bond donors (Lipinski definition) is 2. The van der Waals surface area contributed by atoms with Gasteiger partial charge in [0.1, 0.15) is 6.10 Å². The third-order valence-corrected chi connectivity index (χ3v) is 3.39. The number of anilines is 1. The van der Waals surface area contributed by atoms with Gasteiger partial charge in [-0.1, -0.05) is 0 Å². The molecule has 2 heterocycles. The smallest absolute Gasteiger partial charge is 0.246 e. The number of carbonyl (C=O) groups excluding carboxylic acids is 1. The van der Waals surface area contributed by atoms with E-state index in [-0.39, 0.29) is 5.92 Å². The van der Waals surface area contributed by atoms with Gasteiger partial charge in [-0.2, -0.15) is 4.98 Å². The van der Waals surface area contributed by atoms with Crippen molar-refractivity contribution in [3.63, 3.8) is 0 Å². The first-order valence-electron chi connectivity index (χ1n) is 6.21. The molecule has 1 fully saturated rings. The van der Waals surface area contributed by atoms with Gasteiger partial charge in [0.25, 0.3) is 0 Å². The van der Waals surface area contributed by atoms with Gasteiger partial charge in [-0.05, 0) is 18.8 Å². The molecule has 2 rings (SSSR count). The molecule has 1 aliphatic rings. The highest BCUT2D eigenvalue weighted by molar-refractivity contribution is 5.78. The summed E-state index contributed by atoms with van der Waals surface area (Å²) in [4.78, 5) is 21.4. The Morgan fingerprint density at radius 1 is 1.58 bits per heavy atom. The Kier molecular flexibility index (Phi) is 4.16. The van der Waals surface area contributed by atoms with Gasteiger partial charge >= 0.3 is 0 Å². The monoisotopic (exact) mass is 266 g/mol. The van der Waals surface area contributed by atoms with Crippen molar-refractivity contribution >= 4 is 11.9 Å². The molecule has 0 radical (unpaired) electrons. The van der Waals surface area contributed by atoms with Crippen LogP contribution in [0.3, 0.4) is 0 Å². The van der Waals surface area contributed by atoms with Crippen molar-refractivity contribution in [2.45, 2.75) is 18.9 Å². The molecule has 1 atom stereocenters. The molecule has 104 valence electrons. The summed E-state index contributed by atoms with van der Waals surface area (Å²) >= 11 is 0. The van der Waals surface area contributed by atoms with Crippen molar-refractivity contribution < 1.29 is 14.6 Å². The van der Waals surface area contributed by atoms with E-state index in [0.717, 1.165) is 0 Å². The molecule has 7 heteroatoms. The number of piperidine rings is 1. The lowest BCUT2D eigenvalue weighted by atomic mass is 9.91. The molecule has 0 saturated carbocycles. The number of nitrogens with two attached hydrogens (primary N) is 1. The quantitative estimate of drug-likeness (QED) is 0.765. The first kappa shape index (κ1) is 13.5. The SMILES string of the molecule is COc1ccnc(N2CCC(C(O)C(N)=O)CC2)n1. The average molecular weight is 266 g/mol. The van der Waals surface area contributed by atoms with Crippen LogP contribution in [0.25, 0.3) is 0 Å². The van der Waals surface area contributed by atoms with Crippen molar-refractivity contribution in [1.29, 1.82) is 0 Å². The minimum Gasteiger partial charge on any atom is -0.481 e. The molecule has 1 saturated heterocycles. The van der Waals surface area contributed by atoms with Gasteiger partial charge in [0.05, 0.1) is 7.11 Å². The van der Waals surface area contributed by atoms with E-state index < -0.39 is 12.0 Å². The molecule has 0 aliphatic carbocycles. The third-order valence-electron chi connectivity index (χ3n) is 3.39. The predicted octanol–water partition coefficient (Wildman–Crippen LogP) is -0.452. The number of hydrogen-bond acceptors (Lipinski definition) is 6. The molecular weight excluding hydrogens is 248 g/mol. The van der Waals surface area contributed by atoms with E-state index in [2.05, 4.69) is 9.97 Å². The molecule has 0 aromatic carbocycles. The largest absolute Gasteiger partial charge is 0.481 e. The highest BCUT2D eigenvalue weighted by Gasteiger charge is 2.29. The number of rotatable bonds is 4. The van der Waals surface area contributed by atoms with Crippen molar-refractivity contribution in [2.75, 3.05) is 25.1 Å². The molecule has 1 unspecified atom stereocenters. The molecule has 1 aliphatic heterocycles. The number of carbonyl (C=O) groups is 1. The standard InChI is InChI=1S/C12H18N4O3/c1-19-9-2-5-14-12(15-9)16-6-3-8(4-7-16)10(17)11(13)18/h2,5,8,10,17H,3-4,6-7H2,1H3,(H2,13,18). The second-order valence-corrected chi connectivity index (χ2v) is 4.57. The lowest BCUT2D eigenvalue weighted by molar-refractivity contribution is -0.129. The number of aliphatic hydroxyl groups is 1. The zero-order valence-electron chi connectivity index (χ0n) is 10.8. The summed E-state index contributed by atoms with van der Waals surface area (Å²) in [6.07, 6.45) is 1.95. The fourth-order valence-corrected chi connectivity index (χ4v) is 2.25. The Bertz CT molecular complexity index is 446. The summed E-state index contributed by atoms with van der Waals surface area (Å²) in [6, 6.07) is 1.69. The number of aromatic nitrogens is 2. The zero-order valence-corrected chi connectivity index (χ0v) is 10.8. The fourth-order valence-electron chi connectivity index (χ4n) is 2.25. The van der Waals surface area contributed by atoms with Crippen molar-refractivity contribution in [3.8, 4) is 5.88 Å². The summed E-state index contributed by atoms with van der Waals surface area (Å²) in [5.74, 6) is 0.381. The van der Waals surface area contributed by atoms with E-state index in [4.69, 9.17) is 10.5 Å². The molecule has 7 nitrogen and oxygen atoms in total. The van der Waals surface area contributed by atoms with Gasteiger partial charge < -0.3 is 20.5 Å². The Hall–Kier alpha value is -1.89. The van der Waals surface area contributed by atoms with Crippen LogP contribution in [0.2, 0.25) is 0 Å². The number of aliphatic hydroxyl groups excluding tert-OH is 1. The Labute approximate surface area is 111 Å². The number of nitrogens with zero attached hydrogens (tertiary/aromatic N) is 3. The highest BCUT2D eigenvalue weighted by Crippen LogP contribution is 2.23. The molecule has 1 aromatic heterocycles. The van der Waals surface area contributed by atoms with E-state index in [9.17, 15) is 9.90 Å². The summed E-state index contributed by atoms with van der Waals surface area (Å²) in [7, 11) is 1.56. The molecule has 19 heavy (non-hydrogen) atoms. The van der Waals surface area contributed by atoms with Crippen LogP contribution in [0.5, 0.6) is 5.88 Å². The van der Waals surface area contributed by atoms with Gasteiger partial charge in [0.2, 0.25) is 17.7 Å². The molecule has 0 bridgehead atoms. The second-order valence-electron chi connectivity index (χ2n) is 4.57. The fraction of sp³-hybridized carbons (Fsp3) is 0.583. The molecule has 0 spiro atoms. The van der Waals surface area contributed by atoms with E-state index >= 15 is 0 Å². The summed E-state index contributed by atoms with van der Waals surface area (Å²) in [5, 5.41) is 9.65. The summed E-state index contributed by atoms with van der Waals surface area (Å²) in [6.45, 7) is 1.37. The van der Waals surface area contributed by atoms with Crippen LogP contribution in [0, 0.1) is 5.92 Å². The molecular formula is C12H18N4O3. The maximum absolute atomic E-state index is 11.0. The third kappa shape index (κ3) is 3.11.